The van der Waals surface area contributed by atoms with Crippen LogP contribution in [0.1, 0.15) is 41.5 Å². The highest BCUT2D eigenvalue weighted by molar-refractivity contribution is 6.04. The van der Waals surface area contributed by atoms with Crippen molar-refractivity contribution in [2.75, 3.05) is 17.6 Å². The molecule has 1 atom stereocenters. The van der Waals surface area contributed by atoms with Crippen molar-refractivity contribution in [3.63, 3.8) is 0 Å². The molecule has 10 heteroatoms. The van der Waals surface area contributed by atoms with Crippen molar-refractivity contribution in [1.29, 1.82) is 5.26 Å². The number of nitrogen functional groups attached to an aromatic ring is 1. The minimum Gasteiger partial charge on any atom is -0.382 e. The number of carbonyl (C=O) groups is 2. The molecule has 1 aromatic carbocycles. The fourth-order valence-corrected chi connectivity index (χ4v) is 4.43. The minimum atomic E-state index is -0.274. The number of rotatable bonds is 5. The van der Waals surface area contributed by atoms with E-state index in [1.54, 1.807) is 66.0 Å². The van der Waals surface area contributed by atoms with Crippen LogP contribution in [0.3, 0.4) is 0 Å². The lowest BCUT2D eigenvalue weighted by atomic mass is 10.1. The number of nitrogens with two attached hydrogens (primary N) is 1. The zero-order valence-electron chi connectivity index (χ0n) is 18.8. The highest BCUT2D eigenvalue weighted by Gasteiger charge is 2.33. The number of carbonyl (C=O) groups excluding carboxylic acids is 2. The van der Waals surface area contributed by atoms with Crippen LogP contribution in [0.2, 0.25) is 0 Å². The lowest BCUT2D eigenvalue weighted by Gasteiger charge is -2.22. The van der Waals surface area contributed by atoms with Gasteiger partial charge in [-0.05, 0) is 37.1 Å². The van der Waals surface area contributed by atoms with E-state index in [2.05, 4.69) is 15.3 Å². The maximum atomic E-state index is 12.6. The first-order valence-corrected chi connectivity index (χ1v) is 11.2. The predicted molar refractivity (Wildman–Crippen MR) is 129 cm³/mol. The summed E-state index contributed by atoms with van der Waals surface area (Å²) in [6, 6.07) is 14.0. The molecule has 35 heavy (non-hydrogen) atoms. The third-order valence-corrected chi connectivity index (χ3v) is 6.04. The van der Waals surface area contributed by atoms with Gasteiger partial charge >= 0.3 is 0 Å². The van der Waals surface area contributed by atoms with Gasteiger partial charge in [0.2, 0.25) is 5.91 Å². The molecule has 1 aliphatic rings. The van der Waals surface area contributed by atoms with Gasteiger partial charge in [-0.3, -0.25) is 14.0 Å². The number of nitrogens with zero attached hydrogens (tertiary/aromatic N) is 6. The average Bonchev–Trinajstić information content (AvgIpc) is 3.51. The number of imidazole rings is 1. The summed E-state index contributed by atoms with van der Waals surface area (Å²) in [4.78, 5) is 40.1. The summed E-state index contributed by atoms with van der Waals surface area (Å²) in [6.07, 6.45) is 6.38. The molecule has 0 spiro atoms. The van der Waals surface area contributed by atoms with E-state index in [0.717, 1.165) is 18.4 Å². The fraction of sp³-hybridized carbons (Fsp3) is 0.200. The Morgan fingerprint density at radius 3 is 2.71 bits per heavy atom. The predicted octanol–water partition coefficient (Wildman–Crippen LogP) is 3.20. The van der Waals surface area contributed by atoms with Crippen LogP contribution >= 0.6 is 0 Å². The summed E-state index contributed by atoms with van der Waals surface area (Å²) in [5.41, 5.74) is 8.72. The molecule has 4 aromatic rings. The van der Waals surface area contributed by atoms with Crippen LogP contribution in [-0.2, 0) is 4.79 Å². The molecule has 4 heterocycles. The van der Waals surface area contributed by atoms with Crippen LogP contribution in [0.25, 0.3) is 16.8 Å². The lowest BCUT2D eigenvalue weighted by Crippen LogP contribution is -2.31. The van der Waals surface area contributed by atoms with Gasteiger partial charge < -0.3 is 16.0 Å². The van der Waals surface area contributed by atoms with Gasteiger partial charge in [0.1, 0.15) is 35.1 Å². The van der Waals surface area contributed by atoms with Crippen molar-refractivity contribution in [3.05, 3.63) is 72.4 Å². The van der Waals surface area contributed by atoms with Gasteiger partial charge in [0.15, 0.2) is 0 Å². The summed E-state index contributed by atoms with van der Waals surface area (Å²) in [5, 5.41) is 11.7. The molecule has 5 rings (SSSR count). The Kier molecular flexibility index (Phi) is 5.81. The summed E-state index contributed by atoms with van der Waals surface area (Å²) >= 11 is 0. The summed E-state index contributed by atoms with van der Waals surface area (Å²) < 4.78 is 1.86. The molecule has 1 aliphatic heterocycles. The zero-order valence-corrected chi connectivity index (χ0v) is 18.8. The Balaban J connectivity index is 1.50. The molecule has 1 fully saturated rings. The van der Waals surface area contributed by atoms with Crippen LogP contribution < -0.4 is 11.1 Å². The van der Waals surface area contributed by atoms with E-state index < -0.39 is 0 Å². The van der Waals surface area contributed by atoms with Gasteiger partial charge in [-0.25, -0.2) is 15.0 Å². The number of fused-ring (bicyclic) bond motifs is 1. The van der Waals surface area contributed by atoms with Gasteiger partial charge in [-0.15, -0.1) is 0 Å². The molecule has 1 saturated heterocycles. The topological polar surface area (TPSA) is 142 Å². The molecule has 0 radical (unpaired) electrons. The second-order valence-electron chi connectivity index (χ2n) is 8.18. The SMILES string of the molecule is N#CCC(=O)N1CCC[C@H]1c1nc(-c2ccc(C(=O)Nc3ccccn3)cc2)c2c(N)nccn12. The van der Waals surface area contributed by atoms with E-state index >= 15 is 0 Å². The third-order valence-electron chi connectivity index (χ3n) is 6.04. The Morgan fingerprint density at radius 2 is 1.97 bits per heavy atom. The zero-order chi connectivity index (χ0) is 24.4. The van der Waals surface area contributed by atoms with Crippen LogP contribution in [-0.4, -0.2) is 42.6 Å². The summed E-state index contributed by atoms with van der Waals surface area (Å²) in [6.45, 7) is 0.579. The monoisotopic (exact) mass is 466 g/mol. The van der Waals surface area contributed by atoms with E-state index in [-0.39, 0.29) is 24.3 Å². The van der Waals surface area contributed by atoms with E-state index in [1.165, 1.54) is 0 Å². The number of likely N-dealkylation sites (tertiary alicyclic amines) is 1. The number of amides is 2. The molecular weight excluding hydrogens is 444 g/mol. The number of benzene rings is 1. The van der Waals surface area contributed by atoms with Crippen LogP contribution in [0.15, 0.2) is 61.1 Å². The normalized spacial score (nSPS) is 15.2. The molecule has 10 nitrogen and oxygen atoms in total. The van der Waals surface area contributed by atoms with Crippen molar-refractivity contribution in [1.82, 2.24) is 24.3 Å². The second-order valence-corrected chi connectivity index (χ2v) is 8.18. The molecule has 0 bridgehead atoms. The first-order chi connectivity index (χ1) is 17.1. The number of aromatic nitrogens is 4. The second kappa shape index (κ2) is 9.23. The van der Waals surface area contributed by atoms with Crippen LogP contribution in [0, 0.1) is 11.3 Å². The van der Waals surface area contributed by atoms with Crippen molar-refractivity contribution < 1.29 is 9.59 Å². The molecule has 0 unspecified atom stereocenters. The van der Waals surface area contributed by atoms with Crippen molar-refractivity contribution in [2.24, 2.45) is 0 Å². The first-order valence-electron chi connectivity index (χ1n) is 11.2. The largest absolute Gasteiger partial charge is 0.382 e. The van der Waals surface area contributed by atoms with Gasteiger partial charge in [-0.2, -0.15) is 5.26 Å². The quantitative estimate of drug-likeness (QED) is 0.460. The maximum Gasteiger partial charge on any atom is 0.256 e. The number of hydrogen-bond acceptors (Lipinski definition) is 7. The van der Waals surface area contributed by atoms with Crippen LogP contribution in [0.4, 0.5) is 11.6 Å². The number of pyridine rings is 1. The minimum absolute atomic E-state index is 0.168. The van der Waals surface area contributed by atoms with Crippen LogP contribution in [0.5, 0.6) is 0 Å². The molecule has 3 N–H and O–H groups in total. The Hall–Kier alpha value is -4.78. The van der Waals surface area contributed by atoms with Gasteiger partial charge in [-0.1, -0.05) is 18.2 Å². The molecule has 0 aliphatic carbocycles. The smallest absolute Gasteiger partial charge is 0.256 e. The van der Waals surface area contributed by atoms with Crippen molar-refractivity contribution in [3.8, 4) is 17.3 Å². The summed E-state index contributed by atoms with van der Waals surface area (Å²) in [7, 11) is 0. The molecule has 2 amide bonds. The van der Waals surface area contributed by atoms with E-state index in [0.29, 0.717) is 40.8 Å². The van der Waals surface area contributed by atoms with Crippen molar-refractivity contribution in [2.45, 2.75) is 25.3 Å². The lowest BCUT2D eigenvalue weighted by molar-refractivity contribution is -0.131. The van der Waals surface area contributed by atoms with E-state index in [1.807, 2.05) is 10.5 Å². The van der Waals surface area contributed by atoms with E-state index in [4.69, 9.17) is 16.0 Å². The highest BCUT2D eigenvalue weighted by atomic mass is 16.2. The maximum absolute atomic E-state index is 12.6. The van der Waals surface area contributed by atoms with Gasteiger partial charge in [0.25, 0.3) is 5.91 Å². The number of anilines is 2. The Morgan fingerprint density at radius 1 is 1.14 bits per heavy atom. The molecular formula is C25H22N8O2. The fourth-order valence-electron chi connectivity index (χ4n) is 4.43. The number of nitrogens with one attached hydrogen (secondary N) is 1. The number of nitriles is 1. The van der Waals surface area contributed by atoms with E-state index in [9.17, 15) is 9.59 Å². The van der Waals surface area contributed by atoms with Gasteiger partial charge in [0.05, 0.1) is 12.1 Å². The standard InChI is InChI=1S/C25H22N8O2/c26-11-10-20(34)32-14-3-4-18(32)24-31-21(22-23(27)29-13-15-33(22)24)16-6-8-17(9-7-16)25(35)30-19-5-1-2-12-28-19/h1-2,5-9,12-13,15,18H,3-4,10,14H2,(H2,27,29)(H,28,30,35)/t18-/m0/s1. The molecule has 174 valence electrons. The Labute approximate surface area is 201 Å². The highest BCUT2D eigenvalue weighted by Crippen LogP contribution is 2.36. The summed E-state index contributed by atoms with van der Waals surface area (Å²) in [5.74, 6) is 0.969. The molecule has 3 aromatic heterocycles. The first kappa shape index (κ1) is 22.0. The van der Waals surface area contributed by atoms with Gasteiger partial charge in [0, 0.05) is 36.3 Å². The third kappa shape index (κ3) is 4.15. The molecule has 0 saturated carbocycles. The number of hydrogen-bond donors (Lipinski definition) is 2. The Bertz CT molecular complexity index is 1440. The van der Waals surface area contributed by atoms with Crippen molar-refractivity contribution >= 4 is 29.0 Å². The average molecular weight is 467 g/mol.